The van der Waals surface area contributed by atoms with E-state index in [4.69, 9.17) is 16.4 Å². The van der Waals surface area contributed by atoms with Crippen LogP contribution in [0, 0.1) is 6.92 Å². The third kappa shape index (κ3) is 4.55. The first kappa shape index (κ1) is 20.2. The molecular weight excluding hydrogens is 396 g/mol. The smallest absolute Gasteiger partial charge is 0.350 e. The van der Waals surface area contributed by atoms with Crippen LogP contribution >= 0.6 is 15.9 Å². The summed E-state index contributed by atoms with van der Waals surface area (Å²) in [6.45, 7) is 8.66. The molecule has 0 atom stereocenters. The van der Waals surface area contributed by atoms with Gasteiger partial charge in [0.2, 0.25) is 0 Å². The average molecular weight is 421 g/mol. The predicted octanol–water partition coefficient (Wildman–Crippen LogP) is 3.90. The van der Waals surface area contributed by atoms with E-state index in [1.807, 2.05) is 42.7 Å². The molecule has 2 amide bonds. The number of ether oxygens (including phenoxy) is 1. The second-order valence-corrected chi connectivity index (χ2v) is 7.93. The van der Waals surface area contributed by atoms with Gasteiger partial charge in [0, 0.05) is 10.0 Å². The molecule has 2 rings (SSSR count). The number of benzene rings is 2. The first-order chi connectivity index (χ1) is 12.1. The molecule has 0 saturated heterocycles. The zero-order valence-corrected chi connectivity index (χ0v) is 17.1. The minimum Gasteiger partial charge on any atom is -0.489 e. The second-order valence-electron chi connectivity index (χ2n) is 7.07. The van der Waals surface area contributed by atoms with Crippen molar-refractivity contribution in [2.45, 2.75) is 39.7 Å². The van der Waals surface area contributed by atoms with Crippen molar-refractivity contribution in [3.63, 3.8) is 0 Å². The number of carbonyl (C=O) groups is 1. The first-order valence-corrected chi connectivity index (χ1v) is 9.01. The number of nitrogens with one attached hydrogen (secondary N) is 1. The number of hydrazine groups is 2. The number of halogens is 1. The number of rotatable bonds is 4. The van der Waals surface area contributed by atoms with E-state index in [0.717, 1.165) is 31.9 Å². The molecule has 0 radical (unpaired) electrons. The molecule has 0 aliphatic carbocycles. The summed E-state index contributed by atoms with van der Waals surface area (Å²) >= 11 is 3.59. The summed E-state index contributed by atoms with van der Waals surface area (Å²) in [4.78, 5) is 11.8. The molecule has 26 heavy (non-hydrogen) atoms. The molecule has 0 bridgehead atoms. The molecule has 0 aliphatic rings. The van der Waals surface area contributed by atoms with Crippen molar-refractivity contribution >= 4 is 27.6 Å². The summed E-state index contributed by atoms with van der Waals surface area (Å²) < 4.78 is 7.05. The average Bonchev–Trinajstić information content (AvgIpc) is 2.59. The van der Waals surface area contributed by atoms with Gasteiger partial charge in [-0.1, -0.05) is 48.8 Å². The maximum absolute atomic E-state index is 11.8. The lowest BCUT2D eigenvalue weighted by molar-refractivity contribution is 0.246. The van der Waals surface area contributed by atoms with Gasteiger partial charge in [0.1, 0.15) is 12.4 Å². The van der Waals surface area contributed by atoms with Gasteiger partial charge in [-0.25, -0.2) is 21.5 Å². The summed E-state index contributed by atoms with van der Waals surface area (Å²) in [6, 6.07) is 10.8. The van der Waals surface area contributed by atoms with Crippen LogP contribution in [0.2, 0.25) is 0 Å². The molecule has 2 aromatic rings. The monoisotopic (exact) mass is 420 g/mol. The number of urea groups is 1. The van der Waals surface area contributed by atoms with Gasteiger partial charge in [0.15, 0.2) is 0 Å². The van der Waals surface area contributed by atoms with Gasteiger partial charge in [-0.2, -0.15) is 0 Å². The summed E-state index contributed by atoms with van der Waals surface area (Å²) in [5.74, 6) is 11.8. The third-order valence-electron chi connectivity index (χ3n) is 4.12. The highest BCUT2D eigenvalue weighted by molar-refractivity contribution is 9.10. The Morgan fingerprint density at radius 3 is 2.58 bits per heavy atom. The minimum absolute atomic E-state index is 0.0146. The summed E-state index contributed by atoms with van der Waals surface area (Å²) in [7, 11) is 0. The van der Waals surface area contributed by atoms with Crippen LogP contribution in [-0.4, -0.2) is 6.03 Å². The van der Waals surface area contributed by atoms with Crippen LogP contribution in [0.4, 0.5) is 10.5 Å². The van der Waals surface area contributed by atoms with Crippen LogP contribution in [0.3, 0.4) is 0 Å². The Bertz CT molecular complexity index is 803. The van der Waals surface area contributed by atoms with Crippen LogP contribution in [-0.2, 0) is 12.0 Å². The molecule has 0 fully saturated rings. The lowest BCUT2D eigenvalue weighted by Gasteiger charge is -2.23. The summed E-state index contributed by atoms with van der Waals surface area (Å²) in [5.41, 5.74) is 5.50. The number of hydrogen-bond donors (Lipinski definition) is 3. The van der Waals surface area contributed by atoms with E-state index in [9.17, 15) is 4.79 Å². The zero-order valence-electron chi connectivity index (χ0n) is 15.5. The summed E-state index contributed by atoms with van der Waals surface area (Å²) in [5, 5.41) is 0.980. The van der Waals surface area contributed by atoms with Gasteiger partial charge >= 0.3 is 6.03 Å². The fourth-order valence-corrected chi connectivity index (χ4v) is 3.45. The SMILES string of the molecule is Cc1cccc(N(N)C(=O)NN)c1COc1ccc(Br)c(C(C)(C)C)c1. The number of nitrogens with two attached hydrogens (primary N) is 2. The predicted molar refractivity (Wildman–Crippen MR) is 108 cm³/mol. The van der Waals surface area contributed by atoms with Crippen molar-refractivity contribution in [3.05, 3.63) is 57.6 Å². The first-order valence-electron chi connectivity index (χ1n) is 8.22. The molecule has 6 nitrogen and oxygen atoms in total. The van der Waals surface area contributed by atoms with Crippen molar-refractivity contribution in [2.24, 2.45) is 11.7 Å². The Hall–Kier alpha value is -2.09. The molecule has 0 aliphatic heterocycles. The lowest BCUT2D eigenvalue weighted by Crippen LogP contribution is -2.48. The maximum Gasteiger partial charge on any atom is 0.350 e. The number of nitrogens with zero attached hydrogens (tertiary/aromatic N) is 1. The van der Waals surface area contributed by atoms with Crippen LogP contribution < -0.4 is 26.9 Å². The Morgan fingerprint density at radius 1 is 1.27 bits per heavy atom. The maximum atomic E-state index is 11.8. The highest BCUT2D eigenvalue weighted by atomic mass is 79.9. The van der Waals surface area contributed by atoms with E-state index in [1.165, 1.54) is 0 Å². The van der Waals surface area contributed by atoms with E-state index >= 15 is 0 Å². The van der Waals surface area contributed by atoms with Gasteiger partial charge < -0.3 is 4.74 Å². The van der Waals surface area contributed by atoms with Crippen LogP contribution in [0.1, 0.15) is 37.5 Å². The van der Waals surface area contributed by atoms with E-state index in [-0.39, 0.29) is 12.0 Å². The molecule has 5 N–H and O–H groups in total. The third-order valence-corrected chi connectivity index (χ3v) is 4.81. The number of aryl methyl sites for hydroxylation is 1. The Balaban J connectivity index is 2.29. The Labute approximate surface area is 162 Å². The standard InChI is InChI=1S/C19H25BrN4O2/c1-12-6-5-7-17(24(22)18(25)23-21)14(12)11-26-13-8-9-16(20)15(10-13)19(2,3)4/h5-10H,11,21-22H2,1-4H3,(H,23,25). The number of carbonyl (C=O) groups excluding carboxylic acids is 1. The Morgan fingerprint density at radius 2 is 1.96 bits per heavy atom. The van der Waals surface area contributed by atoms with Gasteiger partial charge in [0.05, 0.1) is 5.69 Å². The minimum atomic E-state index is -0.601. The lowest BCUT2D eigenvalue weighted by atomic mass is 9.87. The normalized spacial score (nSPS) is 11.2. The van der Waals surface area contributed by atoms with E-state index in [0.29, 0.717) is 5.69 Å². The summed E-state index contributed by atoms with van der Waals surface area (Å²) in [6.07, 6.45) is 0. The Kier molecular flexibility index (Phi) is 6.28. The molecule has 0 heterocycles. The van der Waals surface area contributed by atoms with Crippen LogP contribution in [0.15, 0.2) is 40.9 Å². The van der Waals surface area contributed by atoms with Crippen molar-refractivity contribution in [2.75, 3.05) is 5.01 Å². The van der Waals surface area contributed by atoms with Crippen LogP contribution in [0.5, 0.6) is 5.75 Å². The zero-order chi connectivity index (χ0) is 19.5. The number of anilines is 1. The number of amides is 2. The molecule has 7 heteroatoms. The van der Waals surface area contributed by atoms with Crippen molar-refractivity contribution in [1.82, 2.24) is 5.43 Å². The van der Waals surface area contributed by atoms with Gasteiger partial charge in [-0.05, 0) is 47.7 Å². The van der Waals surface area contributed by atoms with Crippen molar-refractivity contribution in [3.8, 4) is 5.75 Å². The van der Waals surface area contributed by atoms with Gasteiger partial charge in [-0.3, -0.25) is 5.43 Å². The quantitative estimate of drug-likeness (QED) is 0.397. The number of hydrogen-bond acceptors (Lipinski definition) is 4. The molecule has 0 unspecified atom stereocenters. The van der Waals surface area contributed by atoms with E-state index in [2.05, 4.69) is 36.7 Å². The molecule has 0 aromatic heterocycles. The highest BCUT2D eigenvalue weighted by Gasteiger charge is 2.19. The van der Waals surface area contributed by atoms with Gasteiger partial charge in [-0.15, -0.1) is 0 Å². The van der Waals surface area contributed by atoms with E-state index < -0.39 is 6.03 Å². The van der Waals surface area contributed by atoms with Crippen molar-refractivity contribution < 1.29 is 9.53 Å². The van der Waals surface area contributed by atoms with Crippen LogP contribution in [0.25, 0.3) is 0 Å². The molecule has 140 valence electrons. The fourth-order valence-electron chi connectivity index (χ4n) is 2.60. The van der Waals surface area contributed by atoms with Crippen molar-refractivity contribution in [1.29, 1.82) is 0 Å². The molecular formula is C19H25BrN4O2. The molecule has 0 spiro atoms. The van der Waals surface area contributed by atoms with E-state index in [1.54, 1.807) is 6.07 Å². The topological polar surface area (TPSA) is 93.6 Å². The largest absolute Gasteiger partial charge is 0.489 e. The molecule has 0 saturated carbocycles. The fraction of sp³-hybridized carbons (Fsp3) is 0.316. The molecule has 2 aromatic carbocycles. The second kappa shape index (κ2) is 8.07. The highest BCUT2D eigenvalue weighted by Crippen LogP contribution is 2.33. The van der Waals surface area contributed by atoms with Gasteiger partial charge in [0.25, 0.3) is 0 Å².